The lowest BCUT2D eigenvalue weighted by molar-refractivity contribution is -0.121. The number of rotatable bonds is 5. The maximum Gasteiger partial charge on any atom is 0.220 e. The van der Waals surface area contributed by atoms with Crippen LogP contribution in [0.4, 0.5) is 0 Å². The van der Waals surface area contributed by atoms with Crippen LogP contribution in [0.1, 0.15) is 68.0 Å². The number of nitrogens with one attached hydrogen (secondary N) is 1. The summed E-state index contributed by atoms with van der Waals surface area (Å²) >= 11 is 0. The summed E-state index contributed by atoms with van der Waals surface area (Å²) in [6, 6.07) is 15.0. The molecule has 2 heteroatoms. The molecule has 0 saturated carbocycles. The highest BCUT2D eigenvalue weighted by Crippen LogP contribution is 2.22. The zero-order valence-corrected chi connectivity index (χ0v) is 16.4. The molecule has 25 heavy (non-hydrogen) atoms. The minimum Gasteiger partial charge on any atom is -0.350 e. The zero-order valence-electron chi connectivity index (χ0n) is 16.4. The number of hydrogen-bond acceptors (Lipinski definition) is 1. The van der Waals surface area contributed by atoms with Gasteiger partial charge in [0, 0.05) is 6.42 Å². The van der Waals surface area contributed by atoms with Crippen LogP contribution >= 0.6 is 0 Å². The average molecular weight is 338 g/mol. The van der Waals surface area contributed by atoms with Gasteiger partial charge in [-0.2, -0.15) is 0 Å². The highest BCUT2D eigenvalue weighted by molar-refractivity contribution is 5.76. The predicted molar refractivity (Wildman–Crippen MR) is 106 cm³/mol. The molecule has 134 valence electrons. The first-order valence-electron chi connectivity index (χ1n) is 9.13. The highest BCUT2D eigenvalue weighted by atomic mass is 16.1. The van der Waals surface area contributed by atoms with Gasteiger partial charge in [-0.3, -0.25) is 4.79 Å². The van der Waals surface area contributed by atoms with E-state index in [0.717, 1.165) is 12.0 Å². The molecule has 0 saturated heterocycles. The van der Waals surface area contributed by atoms with E-state index in [4.69, 9.17) is 0 Å². The molecule has 2 aromatic carbocycles. The topological polar surface area (TPSA) is 29.1 Å². The van der Waals surface area contributed by atoms with E-state index in [1.807, 2.05) is 6.92 Å². The average Bonchev–Trinajstić information content (AvgIpc) is 2.55. The molecule has 0 radical (unpaired) electrons. The van der Waals surface area contributed by atoms with Crippen molar-refractivity contribution >= 4 is 5.91 Å². The summed E-state index contributed by atoms with van der Waals surface area (Å²) in [4.78, 5) is 12.3. The fraction of sp³-hybridized carbons (Fsp3) is 0.435. The Morgan fingerprint density at radius 2 is 1.64 bits per heavy atom. The first-order chi connectivity index (χ1) is 11.7. The summed E-state index contributed by atoms with van der Waals surface area (Å²) in [6.45, 7) is 12.9. The van der Waals surface area contributed by atoms with Crippen molar-refractivity contribution in [3.05, 3.63) is 70.3 Å². The van der Waals surface area contributed by atoms with Crippen LogP contribution in [0, 0.1) is 13.8 Å². The van der Waals surface area contributed by atoms with Gasteiger partial charge in [0.15, 0.2) is 0 Å². The maximum absolute atomic E-state index is 12.3. The standard InChI is InChI=1S/C23H31NO/c1-16-7-11-20(15-17(16)2)18(3)24-22(25)14-10-19-8-12-21(13-9-19)23(4,5)6/h7-9,11-13,15,18H,10,14H2,1-6H3,(H,24,25)/t18-/m1/s1. The number of carbonyl (C=O) groups is 1. The minimum absolute atomic E-state index is 0.0371. The number of benzene rings is 2. The number of carbonyl (C=O) groups excluding carboxylic acids is 1. The largest absolute Gasteiger partial charge is 0.350 e. The van der Waals surface area contributed by atoms with Crippen molar-refractivity contribution in [2.45, 2.75) is 65.8 Å². The van der Waals surface area contributed by atoms with Gasteiger partial charge >= 0.3 is 0 Å². The molecule has 0 spiro atoms. The first-order valence-corrected chi connectivity index (χ1v) is 9.13. The lowest BCUT2D eigenvalue weighted by Gasteiger charge is -2.19. The molecule has 0 heterocycles. The van der Waals surface area contributed by atoms with Gasteiger partial charge in [-0.15, -0.1) is 0 Å². The molecular weight excluding hydrogens is 306 g/mol. The summed E-state index contributed by atoms with van der Waals surface area (Å²) in [5, 5.41) is 3.11. The Kier molecular flexibility index (Phi) is 6.05. The van der Waals surface area contributed by atoms with Gasteiger partial charge < -0.3 is 5.32 Å². The Labute approximate surface area is 152 Å². The van der Waals surface area contributed by atoms with Gasteiger partial charge in [0.25, 0.3) is 0 Å². The fourth-order valence-electron chi connectivity index (χ4n) is 2.86. The van der Waals surface area contributed by atoms with E-state index in [9.17, 15) is 4.79 Å². The number of amides is 1. The van der Waals surface area contributed by atoms with Gasteiger partial charge in [-0.25, -0.2) is 0 Å². The molecule has 1 N–H and O–H groups in total. The van der Waals surface area contributed by atoms with Crippen molar-refractivity contribution < 1.29 is 4.79 Å². The van der Waals surface area contributed by atoms with E-state index in [-0.39, 0.29) is 17.4 Å². The lowest BCUT2D eigenvalue weighted by atomic mass is 9.86. The summed E-state index contributed by atoms with van der Waals surface area (Å²) in [5.74, 6) is 0.102. The quantitative estimate of drug-likeness (QED) is 0.776. The molecular formula is C23H31NO. The molecule has 0 unspecified atom stereocenters. The molecule has 0 fully saturated rings. The fourth-order valence-corrected chi connectivity index (χ4v) is 2.86. The first kappa shape index (κ1) is 19.2. The number of hydrogen-bond donors (Lipinski definition) is 1. The molecule has 0 aromatic heterocycles. The summed E-state index contributed by atoms with van der Waals surface area (Å²) < 4.78 is 0. The van der Waals surface area contributed by atoms with Crippen molar-refractivity contribution in [1.29, 1.82) is 0 Å². The van der Waals surface area contributed by atoms with Crippen LogP contribution < -0.4 is 5.32 Å². The second-order valence-electron chi connectivity index (χ2n) is 8.08. The molecule has 0 aliphatic rings. The monoisotopic (exact) mass is 337 g/mol. The van der Waals surface area contributed by atoms with Crippen LogP contribution in [-0.4, -0.2) is 5.91 Å². The Morgan fingerprint density at radius 3 is 2.20 bits per heavy atom. The van der Waals surface area contributed by atoms with Crippen molar-refractivity contribution in [2.24, 2.45) is 0 Å². The van der Waals surface area contributed by atoms with E-state index < -0.39 is 0 Å². The van der Waals surface area contributed by atoms with Crippen molar-refractivity contribution in [3.63, 3.8) is 0 Å². The van der Waals surface area contributed by atoms with Gasteiger partial charge in [0.1, 0.15) is 0 Å². The highest BCUT2D eigenvalue weighted by Gasteiger charge is 2.13. The van der Waals surface area contributed by atoms with Crippen molar-refractivity contribution in [1.82, 2.24) is 5.32 Å². The SMILES string of the molecule is Cc1ccc([C@@H](C)NC(=O)CCc2ccc(C(C)(C)C)cc2)cc1C. The summed E-state index contributed by atoms with van der Waals surface area (Å²) in [6.07, 6.45) is 1.29. The number of aryl methyl sites for hydroxylation is 3. The van der Waals surface area contributed by atoms with Crippen LogP contribution in [0.5, 0.6) is 0 Å². The molecule has 0 bridgehead atoms. The molecule has 2 aromatic rings. The summed E-state index contributed by atoms with van der Waals surface area (Å²) in [7, 11) is 0. The molecule has 1 amide bonds. The van der Waals surface area contributed by atoms with Gasteiger partial charge in [0.2, 0.25) is 5.91 Å². The molecule has 1 atom stereocenters. The Morgan fingerprint density at radius 1 is 1.00 bits per heavy atom. The van der Waals surface area contributed by atoms with Crippen LogP contribution in [0.3, 0.4) is 0 Å². The second kappa shape index (κ2) is 7.86. The Balaban J connectivity index is 1.88. The van der Waals surface area contributed by atoms with Crippen LogP contribution in [0.15, 0.2) is 42.5 Å². The van der Waals surface area contributed by atoms with E-state index in [2.05, 4.69) is 82.4 Å². The third-order valence-corrected chi connectivity index (χ3v) is 4.87. The van der Waals surface area contributed by atoms with Crippen LogP contribution in [-0.2, 0) is 16.6 Å². The van der Waals surface area contributed by atoms with Gasteiger partial charge in [-0.1, -0.05) is 63.2 Å². The second-order valence-corrected chi connectivity index (χ2v) is 8.08. The molecule has 2 rings (SSSR count). The molecule has 0 aliphatic heterocycles. The van der Waals surface area contributed by atoms with Crippen LogP contribution in [0.2, 0.25) is 0 Å². The van der Waals surface area contributed by atoms with Crippen LogP contribution in [0.25, 0.3) is 0 Å². The lowest BCUT2D eigenvalue weighted by Crippen LogP contribution is -2.26. The van der Waals surface area contributed by atoms with E-state index in [1.54, 1.807) is 0 Å². The van der Waals surface area contributed by atoms with E-state index in [1.165, 1.54) is 22.3 Å². The molecule has 2 nitrogen and oxygen atoms in total. The molecule has 0 aliphatic carbocycles. The van der Waals surface area contributed by atoms with E-state index in [0.29, 0.717) is 6.42 Å². The smallest absolute Gasteiger partial charge is 0.220 e. The maximum atomic E-state index is 12.3. The third kappa shape index (κ3) is 5.45. The Bertz CT molecular complexity index is 723. The normalized spacial score (nSPS) is 12.7. The van der Waals surface area contributed by atoms with Gasteiger partial charge in [-0.05, 0) is 60.4 Å². The zero-order chi connectivity index (χ0) is 18.6. The van der Waals surface area contributed by atoms with Crippen molar-refractivity contribution in [2.75, 3.05) is 0 Å². The van der Waals surface area contributed by atoms with Crippen molar-refractivity contribution in [3.8, 4) is 0 Å². The third-order valence-electron chi connectivity index (χ3n) is 4.87. The van der Waals surface area contributed by atoms with E-state index >= 15 is 0 Å². The van der Waals surface area contributed by atoms with Gasteiger partial charge in [0.05, 0.1) is 6.04 Å². The minimum atomic E-state index is 0.0371. The summed E-state index contributed by atoms with van der Waals surface area (Å²) in [5.41, 5.74) is 6.40. The Hall–Kier alpha value is -2.09. The predicted octanol–water partition coefficient (Wildman–Crippen LogP) is 5.41.